The summed E-state index contributed by atoms with van der Waals surface area (Å²) in [5.74, 6) is -1.04. The number of anilines is 1. The van der Waals surface area contributed by atoms with Gasteiger partial charge in [-0.15, -0.1) is 11.3 Å². The lowest BCUT2D eigenvalue weighted by Crippen LogP contribution is -2.16. The number of carboxylic acids is 1. The zero-order valence-electron chi connectivity index (χ0n) is 7.63. The molecular formula is C8H9NO4S2. The van der Waals surface area contributed by atoms with E-state index >= 15 is 0 Å². The van der Waals surface area contributed by atoms with Crippen LogP contribution in [0.25, 0.3) is 0 Å². The molecule has 2 rings (SSSR count). The van der Waals surface area contributed by atoms with E-state index in [1.807, 2.05) is 0 Å². The van der Waals surface area contributed by atoms with Crippen molar-refractivity contribution in [2.24, 2.45) is 0 Å². The summed E-state index contributed by atoms with van der Waals surface area (Å²) in [7, 11) is -3.29. The van der Waals surface area contributed by atoms with Crippen LogP contribution >= 0.6 is 11.3 Å². The van der Waals surface area contributed by atoms with Gasteiger partial charge < -0.3 is 5.11 Å². The number of nitrogens with one attached hydrogen (secondary N) is 1. The number of hydrogen-bond acceptors (Lipinski definition) is 4. The van der Waals surface area contributed by atoms with Crippen molar-refractivity contribution >= 4 is 32.3 Å². The predicted octanol–water partition coefficient (Wildman–Crippen LogP) is 1.35. The fourth-order valence-electron chi connectivity index (χ4n) is 1.11. The first-order valence-electron chi connectivity index (χ1n) is 4.34. The van der Waals surface area contributed by atoms with Crippen LogP contribution in [0.1, 0.15) is 22.5 Å². The molecule has 15 heavy (non-hydrogen) atoms. The lowest BCUT2D eigenvalue weighted by Gasteiger charge is -2.02. The van der Waals surface area contributed by atoms with Crippen molar-refractivity contribution in [2.75, 3.05) is 4.72 Å². The molecule has 0 amide bonds. The lowest BCUT2D eigenvalue weighted by atomic mass is 10.5. The van der Waals surface area contributed by atoms with Crippen LogP contribution in [0.15, 0.2) is 12.1 Å². The van der Waals surface area contributed by atoms with Crippen LogP contribution in [0.5, 0.6) is 0 Å². The third kappa shape index (κ3) is 2.29. The van der Waals surface area contributed by atoms with Gasteiger partial charge in [0.1, 0.15) is 9.88 Å². The van der Waals surface area contributed by atoms with Crippen LogP contribution in [0.3, 0.4) is 0 Å². The number of sulfonamides is 1. The molecule has 1 aliphatic carbocycles. The Hall–Kier alpha value is -1.08. The van der Waals surface area contributed by atoms with Crippen LogP contribution in [-0.2, 0) is 10.0 Å². The van der Waals surface area contributed by atoms with E-state index in [1.54, 1.807) is 0 Å². The van der Waals surface area contributed by atoms with E-state index in [1.165, 1.54) is 12.1 Å². The van der Waals surface area contributed by atoms with E-state index in [2.05, 4.69) is 4.72 Å². The standard InChI is InChI=1S/C8H9NO4S2/c10-8(11)6-3-4-7(14-6)9-15(12,13)5-1-2-5/h3-5,9H,1-2H2,(H,10,11). The molecule has 0 aliphatic heterocycles. The molecule has 1 heterocycles. The Labute approximate surface area is 90.8 Å². The summed E-state index contributed by atoms with van der Waals surface area (Å²) >= 11 is 0.923. The average molecular weight is 247 g/mol. The average Bonchev–Trinajstić information content (AvgIpc) is 2.88. The molecule has 0 unspecified atom stereocenters. The fraction of sp³-hybridized carbons (Fsp3) is 0.375. The van der Waals surface area contributed by atoms with E-state index in [9.17, 15) is 13.2 Å². The first kappa shape index (κ1) is 10.4. The van der Waals surface area contributed by atoms with Gasteiger partial charge in [0.15, 0.2) is 0 Å². The lowest BCUT2D eigenvalue weighted by molar-refractivity contribution is 0.0702. The van der Waals surface area contributed by atoms with E-state index < -0.39 is 16.0 Å². The minimum Gasteiger partial charge on any atom is -0.477 e. The normalized spacial score (nSPS) is 16.3. The van der Waals surface area contributed by atoms with Gasteiger partial charge in [-0.1, -0.05) is 0 Å². The zero-order valence-corrected chi connectivity index (χ0v) is 9.27. The molecule has 1 aromatic rings. The van der Waals surface area contributed by atoms with Crippen molar-refractivity contribution in [2.45, 2.75) is 18.1 Å². The summed E-state index contributed by atoms with van der Waals surface area (Å²) < 4.78 is 25.4. The van der Waals surface area contributed by atoms with E-state index in [-0.39, 0.29) is 10.1 Å². The Morgan fingerprint density at radius 1 is 1.47 bits per heavy atom. The molecule has 0 aromatic carbocycles. The molecule has 1 fully saturated rings. The molecule has 0 spiro atoms. The van der Waals surface area contributed by atoms with Crippen molar-refractivity contribution in [3.8, 4) is 0 Å². The SMILES string of the molecule is O=C(O)c1ccc(NS(=O)(=O)C2CC2)s1. The second-order valence-electron chi connectivity index (χ2n) is 3.32. The molecule has 1 aromatic heterocycles. The van der Waals surface area contributed by atoms with Crippen molar-refractivity contribution in [1.29, 1.82) is 0 Å². The number of thiophene rings is 1. The quantitative estimate of drug-likeness (QED) is 0.841. The van der Waals surface area contributed by atoms with Gasteiger partial charge in [0.25, 0.3) is 0 Å². The van der Waals surface area contributed by atoms with E-state index in [0.717, 1.165) is 11.3 Å². The molecule has 5 nitrogen and oxygen atoms in total. The van der Waals surface area contributed by atoms with Gasteiger partial charge in [0.2, 0.25) is 10.0 Å². The van der Waals surface area contributed by atoms with Crippen LogP contribution in [0.2, 0.25) is 0 Å². The number of hydrogen-bond donors (Lipinski definition) is 2. The number of aromatic carboxylic acids is 1. The minimum atomic E-state index is -3.29. The third-order valence-corrected chi connectivity index (χ3v) is 4.99. The highest BCUT2D eigenvalue weighted by atomic mass is 32.2. The zero-order chi connectivity index (χ0) is 11.1. The van der Waals surface area contributed by atoms with Gasteiger partial charge in [-0.3, -0.25) is 4.72 Å². The van der Waals surface area contributed by atoms with Gasteiger partial charge in [-0.25, -0.2) is 13.2 Å². The maximum atomic E-state index is 11.5. The molecule has 0 saturated heterocycles. The van der Waals surface area contributed by atoms with Gasteiger partial charge in [-0.05, 0) is 25.0 Å². The second kappa shape index (κ2) is 3.49. The summed E-state index contributed by atoms with van der Waals surface area (Å²) in [4.78, 5) is 10.7. The van der Waals surface area contributed by atoms with Crippen LogP contribution in [-0.4, -0.2) is 24.7 Å². The van der Waals surface area contributed by atoms with Crippen LogP contribution in [0, 0.1) is 0 Å². The molecule has 2 N–H and O–H groups in total. The Kier molecular flexibility index (Phi) is 2.43. The Bertz CT molecular complexity index is 486. The summed E-state index contributed by atoms with van der Waals surface area (Å²) in [5, 5.41) is 8.71. The Balaban J connectivity index is 2.14. The predicted molar refractivity (Wildman–Crippen MR) is 56.8 cm³/mol. The fourth-order valence-corrected chi connectivity index (χ4v) is 3.49. The molecule has 0 bridgehead atoms. The molecule has 1 aliphatic rings. The van der Waals surface area contributed by atoms with Crippen molar-refractivity contribution in [1.82, 2.24) is 0 Å². The summed E-state index contributed by atoms with van der Waals surface area (Å²) in [6, 6.07) is 2.85. The molecule has 7 heteroatoms. The molecule has 1 saturated carbocycles. The number of carbonyl (C=O) groups is 1. The maximum absolute atomic E-state index is 11.5. The smallest absolute Gasteiger partial charge is 0.345 e. The molecule has 0 radical (unpaired) electrons. The first-order chi connectivity index (χ1) is 6.99. The molecule has 0 atom stereocenters. The number of carboxylic acid groups (broad SMARTS) is 1. The minimum absolute atomic E-state index is 0.128. The highest BCUT2D eigenvalue weighted by Crippen LogP contribution is 2.31. The first-order valence-corrected chi connectivity index (χ1v) is 6.70. The van der Waals surface area contributed by atoms with E-state index in [0.29, 0.717) is 17.8 Å². The molecular weight excluding hydrogens is 238 g/mol. The van der Waals surface area contributed by atoms with Gasteiger partial charge in [-0.2, -0.15) is 0 Å². The molecule has 82 valence electrons. The maximum Gasteiger partial charge on any atom is 0.345 e. The Morgan fingerprint density at radius 2 is 2.13 bits per heavy atom. The second-order valence-corrected chi connectivity index (χ2v) is 6.36. The van der Waals surface area contributed by atoms with Crippen molar-refractivity contribution in [3.63, 3.8) is 0 Å². The van der Waals surface area contributed by atoms with Crippen molar-refractivity contribution in [3.05, 3.63) is 17.0 Å². The monoisotopic (exact) mass is 247 g/mol. The van der Waals surface area contributed by atoms with Gasteiger partial charge >= 0.3 is 5.97 Å². The summed E-state index contributed by atoms with van der Waals surface area (Å²) in [5.41, 5.74) is 0. The van der Waals surface area contributed by atoms with Gasteiger partial charge in [0, 0.05) is 0 Å². The highest BCUT2D eigenvalue weighted by Gasteiger charge is 2.35. The summed E-state index contributed by atoms with van der Waals surface area (Å²) in [6.45, 7) is 0. The Morgan fingerprint density at radius 3 is 2.60 bits per heavy atom. The largest absolute Gasteiger partial charge is 0.477 e. The highest BCUT2D eigenvalue weighted by molar-refractivity contribution is 7.93. The number of rotatable bonds is 4. The van der Waals surface area contributed by atoms with Gasteiger partial charge in [0.05, 0.1) is 5.25 Å². The van der Waals surface area contributed by atoms with Crippen LogP contribution < -0.4 is 4.72 Å². The summed E-state index contributed by atoms with van der Waals surface area (Å²) in [6.07, 6.45) is 1.37. The topological polar surface area (TPSA) is 83.5 Å². The van der Waals surface area contributed by atoms with E-state index in [4.69, 9.17) is 5.11 Å². The van der Waals surface area contributed by atoms with Crippen LogP contribution in [0.4, 0.5) is 5.00 Å². The van der Waals surface area contributed by atoms with Crippen molar-refractivity contribution < 1.29 is 18.3 Å². The third-order valence-electron chi connectivity index (χ3n) is 2.02.